The van der Waals surface area contributed by atoms with E-state index in [1.165, 1.54) is 32.8 Å². The number of carbonyl (C=O) groups excluding carboxylic acids is 1. The molecule has 0 spiro atoms. The molecule has 0 aliphatic heterocycles. The standard InChI is InChI=1S/C28H44O4/c1-6-7-19-23-16-18(29)12-14-28(23,4)22-13-15-27(3)20(17(2)8-11-24(30)32-5)9-10-21(27)25(22)26(19)31/h1,17-23,25-26,29,31H,7-16H2,2-5H3/t17-,18-,19-,20-,21+,22+,23+,25+,26-,27-,28-/m1/s1. The van der Waals surface area contributed by atoms with E-state index in [2.05, 4.69) is 26.7 Å². The van der Waals surface area contributed by atoms with Crippen molar-refractivity contribution >= 4 is 5.97 Å². The van der Waals surface area contributed by atoms with Gasteiger partial charge in [-0.3, -0.25) is 4.79 Å². The molecule has 4 saturated carbocycles. The zero-order valence-electron chi connectivity index (χ0n) is 20.6. The Balaban J connectivity index is 1.60. The van der Waals surface area contributed by atoms with Gasteiger partial charge in [0.15, 0.2) is 0 Å². The maximum atomic E-state index is 11.8. The predicted octanol–water partition coefficient (Wildman–Crippen LogP) is 4.82. The number of aliphatic hydroxyl groups is 2. The molecule has 0 bridgehead atoms. The number of hydrogen-bond donors (Lipinski definition) is 2. The van der Waals surface area contributed by atoms with Crippen LogP contribution in [0.5, 0.6) is 0 Å². The molecule has 0 heterocycles. The molecule has 0 aromatic carbocycles. The van der Waals surface area contributed by atoms with Gasteiger partial charge < -0.3 is 14.9 Å². The normalized spacial score (nSPS) is 48.7. The van der Waals surface area contributed by atoms with Crippen LogP contribution < -0.4 is 0 Å². The van der Waals surface area contributed by atoms with Gasteiger partial charge in [-0.25, -0.2) is 0 Å². The summed E-state index contributed by atoms with van der Waals surface area (Å²) in [7, 11) is 1.47. The summed E-state index contributed by atoms with van der Waals surface area (Å²) in [5, 5.41) is 22.3. The molecule has 0 aromatic heterocycles. The number of methoxy groups -OCH3 is 1. The van der Waals surface area contributed by atoms with E-state index in [0.717, 1.165) is 25.7 Å². The molecule has 4 nitrogen and oxygen atoms in total. The summed E-state index contributed by atoms with van der Waals surface area (Å²) in [6.45, 7) is 7.23. The Hall–Kier alpha value is -1.05. The van der Waals surface area contributed by atoms with E-state index in [-0.39, 0.29) is 34.9 Å². The predicted molar refractivity (Wildman–Crippen MR) is 125 cm³/mol. The third-order valence-corrected chi connectivity index (χ3v) is 11.1. The van der Waals surface area contributed by atoms with Gasteiger partial charge in [0.25, 0.3) is 0 Å². The van der Waals surface area contributed by atoms with Crippen LogP contribution in [0, 0.1) is 64.6 Å². The van der Waals surface area contributed by atoms with Gasteiger partial charge in [-0.05, 0) is 104 Å². The minimum atomic E-state index is -0.367. The van der Waals surface area contributed by atoms with Gasteiger partial charge in [0.2, 0.25) is 0 Å². The van der Waals surface area contributed by atoms with Gasteiger partial charge in [0.1, 0.15) is 0 Å². The van der Waals surface area contributed by atoms with Gasteiger partial charge in [0, 0.05) is 12.8 Å². The Bertz CT molecular complexity index is 742. The van der Waals surface area contributed by atoms with Crippen molar-refractivity contribution in [2.75, 3.05) is 7.11 Å². The fourth-order valence-corrected chi connectivity index (χ4v) is 9.45. The molecule has 4 heteroatoms. The topological polar surface area (TPSA) is 66.8 Å². The zero-order chi connectivity index (χ0) is 23.3. The molecule has 4 fully saturated rings. The molecule has 32 heavy (non-hydrogen) atoms. The smallest absolute Gasteiger partial charge is 0.305 e. The third kappa shape index (κ3) is 3.72. The SMILES string of the molecule is C#CC[C@H]1[C@@H](O)[C@@H]2[C@H](CC[C@]3(C)[C@@H]([C@H](C)CCC(=O)OC)CC[C@@H]23)[C@@]2(C)CC[C@@H](O)C[C@@H]12. The van der Waals surface area contributed by atoms with Crippen LogP contribution in [0.1, 0.15) is 85.0 Å². The lowest BCUT2D eigenvalue weighted by Gasteiger charge is -2.64. The second-order valence-corrected chi connectivity index (χ2v) is 12.2. The summed E-state index contributed by atoms with van der Waals surface area (Å²) in [4.78, 5) is 11.7. The number of rotatable bonds is 5. The third-order valence-electron chi connectivity index (χ3n) is 11.1. The second-order valence-electron chi connectivity index (χ2n) is 12.2. The molecule has 0 radical (unpaired) electrons. The van der Waals surface area contributed by atoms with Gasteiger partial charge in [-0.1, -0.05) is 20.8 Å². The fraction of sp³-hybridized carbons (Fsp3) is 0.893. The van der Waals surface area contributed by atoms with Gasteiger partial charge in [-0.15, -0.1) is 12.3 Å². The molecule has 0 unspecified atom stereocenters. The number of fused-ring (bicyclic) bond motifs is 5. The molecular weight excluding hydrogens is 400 g/mol. The van der Waals surface area contributed by atoms with Crippen LogP contribution in [-0.4, -0.2) is 35.5 Å². The van der Waals surface area contributed by atoms with Crippen LogP contribution in [0.2, 0.25) is 0 Å². The van der Waals surface area contributed by atoms with Crippen LogP contribution >= 0.6 is 0 Å². The summed E-state index contributed by atoms with van der Waals surface area (Å²) in [6, 6.07) is 0. The monoisotopic (exact) mass is 444 g/mol. The van der Waals surface area contributed by atoms with E-state index < -0.39 is 0 Å². The first-order valence-corrected chi connectivity index (χ1v) is 13.0. The number of esters is 1. The minimum absolute atomic E-state index is 0.0966. The first-order valence-electron chi connectivity index (χ1n) is 13.0. The number of hydrogen-bond acceptors (Lipinski definition) is 4. The summed E-state index contributed by atoms with van der Waals surface area (Å²) in [5.41, 5.74) is 0.385. The highest BCUT2D eigenvalue weighted by molar-refractivity contribution is 5.69. The molecule has 2 N–H and O–H groups in total. The lowest BCUT2D eigenvalue weighted by atomic mass is 9.41. The summed E-state index contributed by atoms with van der Waals surface area (Å²) in [6.07, 6.45) is 14.6. The summed E-state index contributed by atoms with van der Waals surface area (Å²) < 4.78 is 4.88. The van der Waals surface area contributed by atoms with Crippen molar-refractivity contribution in [1.82, 2.24) is 0 Å². The Kier molecular flexibility index (Phi) is 6.74. The van der Waals surface area contributed by atoms with E-state index in [1.54, 1.807) is 0 Å². The molecule has 11 atom stereocenters. The van der Waals surface area contributed by atoms with Gasteiger partial charge in [0.05, 0.1) is 19.3 Å². The molecule has 4 aliphatic rings. The van der Waals surface area contributed by atoms with Crippen LogP contribution in [0.4, 0.5) is 0 Å². The Morgan fingerprint density at radius 3 is 2.47 bits per heavy atom. The maximum absolute atomic E-state index is 11.8. The van der Waals surface area contributed by atoms with E-state index in [4.69, 9.17) is 11.2 Å². The maximum Gasteiger partial charge on any atom is 0.305 e. The van der Waals surface area contributed by atoms with Crippen molar-refractivity contribution in [3.63, 3.8) is 0 Å². The van der Waals surface area contributed by atoms with E-state index in [0.29, 0.717) is 48.3 Å². The Labute approximate surface area is 194 Å². The van der Waals surface area contributed by atoms with E-state index in [1.807, 2.05) is 0 Å². The van der Waals surface area contributed by atoms with Crippen LogP contribution in [0.15, 0.2) is 0 Å². The van der Waals surface area contributed by atoms with Gasteiger partial charge >= 0.3 is 5.97 Å². The Morgan fingerprint density at radius 2 is 1.78 bits per heavy atom. The molecule has 0 aromatic rings. The van der Waals surface area contributed by atoms with Crippen LogP contribution in [-0.2, 0) is 9.53 Å². The van der Waals surface area contributed by atoms with Crippen molar-refractivity contribution in [3.05, 3.63) is 0 Å². The number of carbonyl (C=O) groups is 1. The number of terminal acetylenes is 1. The van der Waals surface area contributed by atoms with Crippen molar-refractivity contribution in [1.29, 1.82) is 0 Å². The van der Waals surface area contributed by atoms with Crippen LogP contribution in [0.3, 0.4) is 0 Å². The highest BCUT2D eigenvalue weighted by atomic mass is 16.5. The molecule has 0 amide bonds. The summed E-state index contributed by atoms with van der Waals surface area (Å²) in [5.74, 6) is 5.60. The van der Waals surface area contributed by atoms with Gasteiger partial charge in [-0.2, -0.15) is 0 Å². The lowest BCUT2D eigenvalue weighted by molar-refractivity contribution is -0.201. The van der Waals surface area contributed by atoms with Crippen molar-refractivity contribution in [2.24, 2.45) is 52.3 Å². The van der Waals surface area contributed by atoms with Crippen molar-refractivity contribution in [3.8, 4) is 12.3 Å². The van der Waals surface area contributed by atoms with Crippen molar-refractivity contribution < 1.29 is 19.7 Å². The average molecular weight is 445 g/mol. The number of ether oxygens (including phenoxy) is 1. The van der Waals surface area contributed by atoms with E-state index >= 15 is 0 Å². The van der Waals surface area contributed by atoms with Crippen LogP contribution in [0.25, 0.3) is 0 Å². The highest BCUT2D eigenvalue weighted by Crippen LogP contribution is 2.69. The quantitative estimate of drug-likeness (QED) is 0.471. The fourth-order valence-electron chi connectivity index (χ4n) is 9.45. The van der Waals surface area contributed by atoms with E-state index in [9.17, 15) is 15.0 Å². The minimum Gasteiger partial charge on any atom is -0.469 e. The second kappa shape index (κ2) is 8.95. The average Bonchev–Trinajstić information content (AvgIpc) is 3.12. The molecule has 4 aliphatic carbocycles. The molecule has 4 rings (SSSR count). The molecular formula is C28H44O4. The highest BCUT2D eigenvalue weighted by Gasteiger charge is 2.65. The summed E-state index contributed by atoms with van der Waals surface area (Å²) >= 11 is 0. The lowest BCUT2D eigenvalue weighted by Crippen LogP contribution is -2.62. The van der Waals surface area contributed by atoms with Crippen molar-refractivity contribution in [2.45, 2.75) is 97.2 Å². The largest absolute Gasteiger partial charge is 0.469 e. The first kappa shape index (κ1) is 24.1. The first-order chi connectivity index (χ1) is 15.2. The molecule has 0 saturated heterocycles. The Morgan fingerprint density at radius 1 is 1.09 bits per heavy atom. The number of aliphatic hydroxyl groups excluding tert-OH is 2. The zero-order valence-corrected chi connectivity index (χ0v) is 20.6. The molecule has 180 valence electrons.